The molecule has 3 nitrogen and oxygen atoms in total. The first kappa shape index (κ1) is 11.9. The molecule has 1 aromatic heterocycles. The van der Waals surface area contributed by atoms with Crippen molar-refractivity contribution < 1.29 is 0 Å². The maximum Gasteiger partial charge on any atom is 0.224 e. The van der Waals surface area contributed by atoms with Crippen LogP contribution in [0, 0.1) is 5.92 Å². The monoisotopic (exact) mass is 259 g/mol. The van der Waals surface area contributed by atoms with Gasteiger partial charge in [0.15, 0.2) is 0 Å². The van der Waals surface area contributed by atoms with Crippen LogP contribution in [0.3, 0.4) is 0 Å². The summed E-state index contributed by atoms with van der Waals surface area (Å²) in [6, 6.07) is 0.451. The Morgan fingerprint density at radius 3 is 2.94 bits per heavy atom. The highest BCUT2D eigenvalue weighted by Gasteiger charge is 2.19. The second-order valence-electron chi connectivity index (χ2n) is 4.45. The molecule has 2 atom stereocenters. The molecule has 1 aliphatic carbocycles. The van der Waals surface area contributed by atoms with Gasteiger partial charge in [-0.25, -0.2) is 4.98 Å². The Kier molecular flexibility index (Phi) is 3.87. The van der Waals surface area contributed by atoms with Crippen LogP contribution in [-0.2, 0) is 0 Å². The number of halogens is 2. The zero-order chi connectivity index (χ0) is 11.5. The van der Waals surface area contributed by atoms with Gasteiger partial charge in [-0.1, -0.05) is 31.4 Å². The van der Waals surface area contributed by atoms with Gasteiger partial charge >= 0.3 is 0 Å². The summed E-state index contributed by atoms with van der Waals surface area (Å²) in [5.41, 5.74) is 0. The summed E-state index contributed by atoms with van der Waals surface area (Å²) in [5, 5.41) is 4.12. The molecule has 1 aromatic rings. The van der Waals surface area contributed by atoms with Gasteiger partial charge in [0, 0.05) is 6.04 Å². The standard InChI is InChI=1S/C11H15Cl2N3/c1-7-3-2-4-8(5-7)15-10-9(12)6-14-11(13)16-10/h6-8H,2-5H2,1H3,(H,14,15,16)/t7-,8+/m0/s1. The number of rotatable bonds is 2. The van der Waals surface area contributed by atoms with Crippen LogP contribution >= 0.6 is 23.2 Å². The maximum atomic E-state index is 6.01. The first-order chi connectivity index (χ1) is 7.65. The molecule has 0 aliphatic heterocycles. The van der Waals surface area contributed by atoms with E-state index in [4.69, 9.17) is 23.2 Å². The molecule has 0 unspecified atom stereocenters. The van der Waals surface area contributed by atoms with Crippen molar-refractivity contribution >= 4 is 29.0 Å². The lowest BCUT2D eigenvalue weighted by Gasteiger charge is -2.28. The van der Waals surface area contributed by atoms with Crippen LogP contribution < -0.4 is 5.32 Å². The third kappa shape index (κ3) is 2.98. The van der Waals surface area contributed by atoms with E-state index in [0.717, 1.165) is 12.3 Å². The summed E-state index contributed by atoms with van der Waals surface area (Å²) >= 11 is 11.7. The quantitative estimate of drug-likeness (QED) is 0.822. The van der Waals surface area contributed by atoms with E-state index in [9.17, 15) is 0 Å². The van der Waals surface area contributed by atoms with Crippen molar-refractivity contribution in [2.45, 2.75) is 38.6 Å². The minimum atomic E-state index is 0.232. The Morgan fingerprint density at radius 2 is 2.19 bits per heavy atom. The first-order valence-corrected chi connectivity index (χ1v) is 6.35. The Bertz CT molecular complexity index is 370. The summed E-state index contributed by atoms with van der Waals surface area (Å²) < 4.78 is 0. The van der Waals surface area contributed by atoms with E-state index in [1.807, 2.05) is 0 Å². The SMILES string of the molecule is C[C@H]1CCC[C@@H](Nc2nc(Cl)ncc2Cl)C1. The van der Waals surface area contributed by atoms with Crippen molar-refractivity contribution in [1.82, 2.24) is 9.97 Å². The van der Waals surface area contributed by atoms with Gasteiger partial charge in [-0.2, -0.15) is 4.98 Å². The molecule has 1 fully saturated rings. The number of hydrogen-bond donors (Lipinski definition) is 1. The van der Waals surface area contributed by atoms with E-state index in [2.05, 4.69) is 22.2 Å². The minimum Gasteiger partial charge on any atom is -0.366 e. The molecule has 0 aromatic carbocycles. The Balaban J connectivity index is 2.05. The van der Waals surface area contributed by atoms with Crippen LogP contribution in [0.1, 0.15) is 32.6 Å². The van der Waals surface area contributed by atoms with Gasteiger partial charge in [-0.15, -0.1) is 0 Å². The molecule has 16 heavy (non-hydrogen) atoms. The molecular weight excluding hydrogens is 245 g/mol. The van der Waals surface area contributed by atoms with Gasteiger partial charge in [0.2, 0.25) is 5.28 Å². The van der Waals surface area contributed by atoms with Crippen LogP contribution in [-0.4, -0.2) is 16.0 Å². The average Bonchev–Trinajstić information content (AvgIpc) is 2.24. The van der Waals surface area contributed by atoms with E-state index in [1.165, 1.54) is 25.5 Å². The highest BCUT2D eigenvalue weighted by atomic mass is 35.5. The molecular formula is C11H15Cl2N3. The van der Waals surface area contributed by atoms with E-state index in [0.29, 0.717) is 16.9 Å². The Hall–Kier alpha value is -0.540. The van der Waals surface area contributed by atoms with Gasteiger partial charge in [-0.3, -0.25) is 0 Å². The van der Waals surface area contributed by atoms with Crippen molar-refractivity contribution in [3.05, 3.63) is 16.5 Å². The predicted molar refractivity (Wildman–Crippen MR) is 67.1 cm³/mol. The average molecular weight is 260 g/mol. The molecule has 1 heterocycles. The molecule has 88 valence electrons. The molecule has 0 radical (unpaired) electrons. The van der Waals surface area contributed by atoms with Gasteiger partial charge in [0.05, 0.1) is 6.20 Å². The number of nitrogens with one attached hydrogen (secondary N) is 1. The van der Waals surface area contributed by atoms with Crippen LogP contribution in [0.5, 0.6) is 0 Å². The number of hydrogen-bond acceptors (Lipinski definition) is 3. The van der Waals surface area contributed by atoms with Gasteiger partial charge in [0.1, 0.15) is 10.8 Å². The Morgan fingerprint density at radius 1 is 1.38 bits per heavy atom. The zero-order valence-electron chi connectivity index (χ0n) is 9.21. The van der Waals surface area contributed by atoms with Crippen molar-refractivity contribution in [2.75, 3.05) is 5.32 Å². The highest BCUT2D eigenvalue weighted by molar-refractivity contribution is 6.33. The molecule has 1 saturated carbocycles. The fourth-order valence-corrected chi connectivity index (χ4v) is 2.48. The number of nitrogens with zero attached hydrogens (tertiary/aromatic N) is 2. The lowest BCUT2D eigenvalue weighted by Crippen LogP contribution is -2.26. The maximum absolute atomic E-state index is 6.01. The fraction of sp³-hybridized carbons (Fsp3) is 0.636. The summed E-state index contributed by atoms with van der Waals surface area (Å²) in [4.78, 5) is 7.93. The normalized spacial score (nSPS) is 25.4. The third-order valence-corrected chi connectivity index (χ3v) is 3.45. The summed E-state index contributed by atoms with van der Waals surface area (Å²) in [6.45, 7) is 2.28. The fourth-order valence-electron chi connectivity index (χ4n) is 2.21. The third-order valence-electron chi connectivity index (χ3n) is 2.99. The van der Waals surface area contributed by atoms with E-state index >= 15 is 0 Å². The lowest BCUT2D eigenvalue weighted by atomic mass is 9.87. The zero-order valence-corrected chi connectivity index (χ0v) is 10.7. The number of anilines is 1. The van der Waals surface area contributed by atoms with Crippen molar-refractivity contribution in [2.24, 2.45) is 5.92 Å². The molecule has 1 N–H and O–H groups in total. The molecule has 0 spiro atoms. The van der Waals surface area contributed by atoms with Gasteiger partial charge in [0.25, 0.3) is 0 Å². The second-order valence-corrected chi connectivity index (χ2v) is 5.19. The van der Waals surface area contributed by atoms with Crippen molar-refractivity contribution in [1.29, 1.82) is 0 Å². The predicted octanol–water partition coefficient (Wildman–Crippen LogP) is 3.77. The summed E-state index contributed by atoms with van der Waals surface area (Å²) in [6.07, 6.45) is 6.44. The van der Waals surface area contributed by atoms with Crippen LogP contribution in [0.25, 0.3) is 0 Å². The molecule has 0 bridgehead atoms. The molecule has 1 aliphatic rings. The highest BCUT2D eigenvalue weighted by Crippen LogP contribution is 2.28. The van der Waals surface area contributed by atoms with Crippen molar-refractivity contribution in [3.63, 3.8) is 0 Å². The van der Waals surface area contributed by atoms with E-state index in [1.54, 1.807) is 0 Å². The Labute approximate surface area is 106 Å². The molecule has 0 saturated heterocycles. The second kappa shape index (κ2) is 5.19. The van der Waals surface area contributed by atoms with E-state index in [-0.39, 0.29) is 5.28 Å². The molecule has 2 rings (SSSR count). The summed E-state index contributed by atoms with van der Waals surface area (Å²) in [7, 11) is 0. The smallest absolute Gasteiger partial charge is 0.224 e. The van der Waals surface area contributed by atoms with Crippen LogP contribution in [0.4, 0.5) is 5.82 Å². The lowest BCUT2D eigenvalue weighted by molar-refractivity contribution is 0.358. The van der Waals surface area contributed by atoms with Gasteiger partial charge in [-0.05, 0) is 30.4 Å². The summed E-state index contributed by atoms with van der Waals surface area (Å²) in [5.74, 6) is 1.42. The molecule has 5 heteroatoms. The first-order valence-electron chi connectivity index (χ1n) is 5.59. The van der Waals surface area contributed by atoms with Crippen LogP contribution in [0.15, 0.2) is 6.20 Å². The van der Waals surface area contributed by atoms with Crippen molar-refractivity contribution in [3.8, 4) is 0 Å². The van der Waals surface area contributed by atoms with Gasteiger partial charge < -0.3 is 5.32 Å². The largest absolute Gasteiger partial charge is 0.366 e. The molecule has 0 amide bonds. The minimum absolute atomic E-state index is 0.232. The number of aromatic nitrogens is 2. The van der Waals surface area contributed by atoms with Crippen LogP contribution in [0.2, 0.25) is 10.3 Å². The topological polar surface area (TPSA) is 37.8 Å². The van der Waals surface area contributed by atoms with E-state index < -0.39 is 0 Å².